The van der Waals surface area contributed by atoms with Crippen molar-refractivity contribution in [3.05, 3.63) is 45.9 Å². The van der Waals surface area contributed by atoms with Gasteiger partial charge in [-0.05, 0) is 38.8 Å². The number of ether oxygens (including phenoxy) is 1. The van der Waals surface area contributed by atoms with Gasteiger partial charge in [-0.15, -0.1) is 0 Å². The zero-order chi connectivity index (χ0) is 18.0. The van der Waals surface area contributed by atoms with Gasteiger partial charge in [0.25, 0.3) is 5.56 Å². The van der Waals surface area contributed by atoms with Crippen LogP contribution >= 0.6 is 0 Å². The molecule has 7 nitrogen and oxygen atoms in total. The van der Waals surface area contributed by atoms with E-state index in [4.69, 9.17) is 4.74 Å². The molecule has 0 spiro atoms. The monoisotopic (exact) mass is 341 g/mol. The normalized spacial score (nSPS) is 11.4. The highest BCUT2D eigenvalue weighted by Gasteiger charge is 2.14. The molecule has 3 aromatic rings. The van der Waals surface area contributed by atoms with E-state index in [1.807, 2.05) is 45.0 Å². The third kappa shape index (κ3) is 3.56. The van der Waals surface area contributed by atoms with Crippen LogP contribution in [0.4, 0.5) is 11.6 Å². The first kappa shape index (κ1) is 17.2. The van der Waals surface area contributed by atoms with Crippen molar-refractivity contribution in [3.8, 4) is 0 Å². The van der Waals surface area contributed by atoms with Crippen LogP contribution < -0.4 is 10.9 Å². The van der Waals surface area contributed by atoms with Gasteiger partial charge in [0, 0.05) is 24.3 Å². The molecule has 0 unspecified atom stereocenters. The lowest BCUT2D eigenvalue weighted by Crippen LogP contribution is -2.26. The molecule has 0 saturated heterocycles. The van der Waals surface area contributed by atoms with Gasteiger partial charge in [-0.2, -0.15) is 10.2 Å². The Morgan fingerprint density at radius 3 is 2.72 bits per heavy atom. The third-order valence-corrected chi connectivity index (χ3v) is 4.02. The Labute approximate surface area is 146 Å². The maximum atomic E-state index is 12.8. The largest absolute Gasteiger partial charge is 0.384 e. The van der Waals surface area contributed by atoms with Gasteiger partial charge in [-0.25, -0.2) is 4.68 Å². The first-order chi connectivity index (χ1) is 12.0. The van der Waals surface area contributed by atoms with E-state index in [9.17, 15) is 4.79 Å². The maximum absolute atomic E-state index is 12.8. The first-order valence-electron chi connectivity index (χ1n) is 8.33. The van der Waals surface area contributed by atoms with E-state index >= 15 is 0 Å². The second-order valence-electron chi connectivity index (χ2n) is 6.38. The molecule has 0 saturated carbocycles. The maximum Gasteiger partial charge on any atom is 0.275 e. The van der Waals surface area contributed by atoms with Gasteiger partial charge in [-0.3, -0.25) is 9.89 Å². The van der Waals surface area contributed by atoms with Crippen molar-refractivity contribution in [3.63, 3.8) is 0 Å². The fourth-order valence-corrected chi connectivity index (χ4v) is 2.73. The van der Waals surface area contributed by atoms with Crippen LogP contribution in [0.2, 0.25) is 0 Å². The minimum atomic E-state index is -0.0898. The predicted octanol–water partition coefficient (Wildman–Crippen LogP) is 2.94. The SMILES string of the molecule is COCCc1ccc2c(Nc3cc(C)[nH]n3)nn(C(C)C)c(=O)c2c1. The van der Waals surface area contributed by atoms with E-state index in [0.717, 1.165) is 23.1 Å². The molecular weight excluding hydrogens is 318 g/mol. The molecule has 0 fully saturated rings. The number of hydrogen-bond donors (Lipinski definition) is 2. The average molecular weight is 341 g/mol. The zero-order valence-electron chi connectivity index (χ0n) is 15.0. The number of rotatable bonds is 6. The quantitative estimate of drug-likeness (QED) is 0.720. The molecule has 1 aromatic carbocycles. The van der Waals surface area contributed by atoms with Gasteiger partial charge in [0.2, 0.25) is 0 Å². The lowest BCUT2D eigenvalue weighted by atomic mass is 10.1. The summed E-state index contributed by atoms with van der Waals surface area (Å²) in [7, 11) is 1.67. The van der Waals surface area contributed by atoms with Crippen LogP contribution in [0, 0.1) is 6.92 Å². The van der Waals surface area contributed by atoms with E-state index in [1.165, 1.54) is 4.68 Å². The molecule has 2 heterocycles. The number of H-pyrrole nitrogens is 1. The van der Waals surface area contributed by atoms with Crippen LogP contribution in [0.1, 0.15) is 31.1 Å². The number of benzene rings is 1. The van der Waals surface area contributed by atoms with Gasteiger partial charge in [0.1, 0.15) is 0 Å². The Bertz CT molecular complexity index is 942. The number of anilines is 2. The van der Waals surface area contributed by atoms with Crippen LogP contribution in [0.3, 0.4) is 0 Å². The predicted molar refractivity (Wildman–Crippen MR) is 98.6 cm³/mol. The lowest BCUT2D eigenvalue weighted by molar-refractivity contribution is 0.202. The summed E-state index contributed by atoms with van der Waals surface area (Å²) in [6, 6.07) is 7.72. The standard InChI is InChI=1S/C18H23N5O2/c1-11(2)23-18(24)15-10-13(7-8-25-4)5-6-14(15)17(22-23)19-16-9-12(3)20-21-16/h5-6,9-11H,7-8H2,1-4H3,(H2,19,20,21,22). The number of fused-ring (bicyclic) bond motifs is 1. The molecule has 3 rings (SSSR count). The van der Waals surface area contributed by atoms with Crippen LogP contribution in [-0.2, 0) is 11.2 Å². The molecule has 0 aliphatic carbocycles. The minimum absolute atomic E-state index is 0.0407. The summed E-state index contributed by atoms with van der Waals surface area (Å²) in [5, 5.41) is 16.2. The van der Waals surface area contributed by atoms with Crippen LogP contribution in [0.5, 0.6) is 0 Å². The second-order valence-corrected chi connectivity index (χ2v) is 6.38. The highest BCUT2D eigenvalue weighted by Crippen LogP contribution is 2.23. The summed E-state index contributed by atoms with van der Waals surface area (Å²) in [5.41, 5.74) is 1.92. The molecule has 0 aliphatic rings. The number of aromatic amines is 1. The Morgan fingerprint density at radius 2 is 2.08 bits per heavy atom. The first-order valence-corrected chi connectivity index (χ1v) is 8.33. The summed E-state index contributed by atoms with van der Waals surface area (Å²) in [4.78, 5) is 12.8. The molecule has 0 atom stereocenters. The molecule has 2 N–H and O–H groups in total. The summed E-state index contributed by atoms with van der Waals surface area (Å²) in [6.07, 6.45) is 0.761. The molecular formula is C18H23N5O2. The molecule has 7 heteroatoms. The highest BCUT2D eigenvalue weighted by atomic mass is 16.5. The summed E-state index contributed by atoms with van der Waals surface area (Å²) >= 11 is 0. The third-order valence-electron chi connectivity index (χ3n) is 4.02. The van der Waals surface area contributed by atoms with Gasteiger partial charge in [-0.1, -0.05) is 12.1 Å². The Hall–Kier alpha value is -2.67. The van der Waals surface area contributed by atoms with Crippen molar-refractivity contribution >= 4 is 22.4 Å². The number of aryl methyl sites for hydroxylation is 1. The fraction of sp³-hybridized carbons (Fsp3) is 0.389. The van der Waals surface area contributed by atoms with Gasteiger partial charge >= 0.3 is 0 Å². The van der Waals surface area contributed by atoms with Crippen molar-refractivity contribution in [2.24, 2.45) is 0 Å². The Kier molecular flexibility index (Phi) is 4.85. The number of hydrogen-bond acceptors (Lipinski definition) is 5. The van der Waals surface area contributed by atoms with E-state index < -0.39 is 0 Å². The van der Waals surface area contributed by atoms with E-state index in [0.29, 0.717) is 23.6 Å². The van der Waals surface area contributed by atoms with Crippen LogP contribution in [-0.4, -0.2) is 33.7 Å². The number of aromatic nitrogens is 4. The Balaban J connectivity index is 2.14. The minimum Gasteiger partial charge on any atom is -0.384 e. The fourth-order valence-electron chi connectivity index (χ4n) is 2.73. The summed E-state index contributed by atoms with van der Waals surface area (Å²) < 4.78 is 6.64. The number of nitrogens with zero attached hydrogens (tertiary/aromatic N) is 3. The van der Waals surface area contributed by atoms with Crippen LogP contribution in [0.15, 0.2) is 29.1 Å². The molecule has 0 radical (unpaired) electrons. The van der Waals surface area contributed by atoms with Gasteiger partial charge < -0.3 is 10.1 Å². The second kappa shape index (κ2) is 7.06. The molecule has 25 heavy (non-hydrogen) atoms. The summed E-state index contributed by atoms with van der Waals surface area (Å²) in [5.74, 6) is 1.29. The van der Waals surface area contributed by atoms with Crippen molar-refractivity contribution in [2.75, 3.05) is 19.0 Å². The molecule has 0 amide bonds. The van der Waals surface area contributed by atoms with E-state index in [2.05, 4.69) is 20.6 Å². The molecule has 0 aliphatic heterocycles. The van der Waals surface area contributed by atoms with Gasteiger partial charge in [0.05, 0.1) is 18.0 Å². The van der Waals surface area contributed by atoms with E-state index in [1.54, 1.807) is 7.11 Å². The summed E-state index contributed by atoms with van der Waals surface area (Å²) in [6.45, 7) is 6.43. The van der Waals surface area contributed by atoms with Crippen molar-refractivity contribution in [2.45, 2.75) is 33.2 Å². The van der Waals surface area contributed by atoms with Crippen molar-refractivity contribution in [1.29, 1.82) is 0 Å². The smallest absolute Gasteiger partial charge is 0.275 e. The van der Waals surface area contributed by atoms with E-state index in [-0.39, 0.29) is 11.6 Å². The van der Waals surface area contributed by atoms with Crippen molar-refractivity contribution in [1.82, 2.24) is 20.0 Å². The zero-order valence-corrected chi connectivity index (χ0v) is 15.0. The van der Waals surface area contributed by atoms with Gasteiger partial charge in [0.15, 0.2) is 11.6 Å². The molecule has 132 valence electrons. The molecule has 0 bridgehead atoms. The topological polar surface area (TPSA) is 84.8 Å². The molecule has 2 aromatic heterocycles. The van der Waals surface area contributed by atoms with Crippen LogP contribution in [0.25, 0.3) is 10.8 Å². The van der Waals surface area contributed by atoms with Crippen molar-refractivity contribution < 1.29 is 4.74 Å². The average Bonchev–Trinajstić information content (AvgIpc) is 3.00. The lowest BCUT2D eigenvalue weighted by Gasteiger charge is -2.14. The highest BCUT2D eigenvalue weighted by molar-refractivity contribution is 5.92. The Morgan fingerprint density at radius 1 is 1.28 bits per heavy atom. The number of nitrogens with one attached hydrogen (secondary N) is 2. The number of methoxy groups -OCH3 is 1.